The Kier molecular flexibility index (Phi) is 8.38. The first-order valence-electron chi connectivity index (χ1n) is 12.8. The van der Waals surface area contributed by atoms with Crippen molar-refractivity contribution in [2.24, 2.45) is 0 Å². The number of nitrogens with one attached hydrogen (secondary N) is 2. The molecule has 0 radical (unpaired) electrons. The number of piperidine rings is 1. The van der Waals surface area contributed by atoms with Crippen LogP contribution in [0.25, 0.3) is 5.57 Å². The molecule has 1 heterocycles. The van der Waals surface area contributed by atoms with Gasteiger partial charge in [0.25, 0.3) is 5.91 Å². The van der Waals surface area contributed by atoms with E-state index in [1.165, 1.54) is 33.4 Å². The van der Waals surface area contributed by atoms with Crippen molar-refractivity contribution in [3.63, 3.8) is 0 Å². The summed E-state index contributed by atoms with van der Waals surface area (Å²) in [4.78, 5) is 14.7. The van der Waals surface area contributed by atoms with Crippen LogP contribution < -0.4 is 10.6 Å². The van der Waals surface area contributed by atoms with Gasteiger partial charge in [-0.05, 0) is 98.8 Å². The lowest BCUT2D eigenvalue weighted by atomic mass is 9.88. The fourth-order valence-corrected chi connectivity index (χ4v) is 4.82. The summed E-state index contributed by atoms with van der Waals surface area (Å²) < 4.78 is 0. The van der Waals surface area contributed by atoms with E-state index in [2.05, 4.69) is 78.2 Å². The first-order chi connectivity index (χ1) is 17.1. The first kappa shape index (κ1) is 24.7. The Morgan fingerprint density at radius 2 is 1.54 bits per heavy atom. The summed E-state index contributed by atoms with van der Waals surface area (Å²) in [7, 11) is 0. The highest BCUT2D eigenvalue weighted by atomic mass is 16.2. The Labute approximate surface area is 210 Å². The van der Waals surface area contributed by atoms with Crippen LogP contribution in [0.5, 0.6) is 0 Å². The highest BCUT2D eigenvalue weighted by molar-refractivity contribution is 5.95. The van der Waals surface area contributed by atoms with E-state index in [0.29, 0.717) is 0 Å². The van der Waals surface area contributed by atoms with Gasteiger partial charge in [-0.25, -0.2) is 0 Å². The molecule has 0 spiro atoms. The normalized spacial score (nSPS) is 13.4. The van der Waals surface area contributed by atoms with E-state index in [4.69, 9.17) is 0 Å². The second-order valence-corrected chi connectivity index (χ2v) is 9.14. The number of hydrogen-bond acceptors (Lipinski definition) is 3. The molecule has 4 rings (SSSR count). The number of carbonyl (C=O) groups excluding carboxylic acids is 1. The molecule has 4 heteroatoms. The molecule has 1 amide bonds. The summed E-state index contributed by atoms with van der Waals surface area (Å²) in [5.74, 6) is 0.0972. The third-order valence-corrected chi connectivity index (χ3v) is 6.93. The van der Waals surface area contributed by atoms with Crippen LogP contribution in [0.3, 0.4) is 0 Å². The van der Waals surface area contributed by atoms with Crippen molar-refractivity contribution in [3.05, 3.63) is 106 Å². The van der Waals surface area contributed by atoms with Crippen molar-refractivity contribution in [1.82, 2.24) is 10.2 Å². The lowest BCUT2D eigenvalue weighted by Gasteiger charge is -2.22. The van der Waals surface area contributed by atoms with Crippen LogP contribution in [0.4, 0.5) is 5.69 Å². The minimum Gasteiger partial charge on any atom is -0.381 e. The summed E-state index contributed by atoms with van der Waals surface area (Å²) in [6.45, 7) is 10.5. The molecular formula is C31H37N3O. The highest BCUT2D eigenvalue weighted by Crippen LogP contribution is 2.33. The molecule has 0 saturated carbocycles. The van der Waals surface area contributed by atoms with Gasteiger partial charge in [-0.3, -0.25) is 4.79 Å². The van der Waals surface area contributed by atoms with E-state index in [-0.39, 0.29) is 5.91 Å². The van der Waals surface area contributed by atoms with Gasteiger partial charge in [0.2, 0.25) is 0 Å². The minimum atomic E-state index is 0.0972. The van der Waals surface area contributed by atoms with E-state index < -0.39 is 0 Å². The van der Waals surface area contributed by atoms with Gasteiger partial charge in [0.1, 0.15) is 0 Å². The third kappa shape index (κ3) is 6.01. The zero-order valence-electron chi connectivity index (χ0n) is 21.2. The minimum absolute atomic E-state index is 0.0972. The molecule has 1 fully saturated rings. The summed E-state index contributed by atoms with van der Waals surface area (Å²) in [6.07, 6.45) is 2.08. The Morgan fingerprint density at radius 1 is 0.857 bits per heavy atom. The number of amides is 1. The standard InChI is InChI=1S/C31H37N3O/c1-4-34(5-2)31(35)26-15-13-24(14-16-26)30(25-17-19-32-20-18-25)27-11-8-12-29(21-27)33-22-28-10-7-6-9-23(28)3/h6-16,21,32-33H,4-5,17-20,22H2,1-3H3. The predicted molar refractivity (Wildman–Crippen MR) is 147 cm³/mol. The fourth-order valence-electron chi connectivity index (χ4n) is 4.82. The topological polar surface area (TPSA) is 44.4 Å². The number of rotatable bonds is 8. The number of hydrogen-bond donors (Lipinski definition) is 2. The number of aryl methyl sites for hydroxylation is 1. The molecule has 1 saturated heterocycles. The van der Waals surface area contributed by atoms with Crippen LogP contribution in [-0.2, 0) is 6.54 Å². The smallest absolute Gasteiger partial charge is 0.253 e. The van der Waals surface area contributed by atoms with E-state index in [1.54, 1.807) is 0 Å². The average molecular weight is 468 g/mol. The van der Waals surface area contributed by atoms with Crippen LogP contribution in [0, 0.1) is 6.92 Å². The monoisotopic (exact) mass is 467 g/mol. The van der Waals surface area contributed by atoms with Gasteiger partial charge in [-0.15, -0.1) is 0 Å². The third-order valence-electron chi connectivity index (χ3n) is 6.93. The second kappa shape index (κ2) is 11.9. The van der Waals surface area contributed by atoms with Gasteiger partial charge in [0, 0.05) is 30.9 Å². The lowest BCUT2D eigenvalue weighted by molar-refractivity contribution is 0.0773. The van der Waals surface area contributed by atoms with Crippen molar-refractivity contribution < 1.29 is 4.79 Å². The average Bonchev–Trinajstić information content (AvgIpc) is 2.90. The molecular weight excluding hydrogens is 430 g/mol. The quantitative estimate of drug-likeness (QED) is 0.410. The Balaban J connectivity index is 1.64. The molecule has 0 atom stereocenters. The molecule has 0 unspecified atom stereocenters. The molecule has 2 N–H and O–H groups in total. The molecule has 35 heavy (non-hydrogen) atoms. The lowest BCUT2D eigenvalue weighted by Crippen LogP contribution is -2.30. The largest absolute Gasteiger partial charge is 0.381 e. The predicted octanol–water partition coefficient (Wildman–Crippen LogP) is 6.27. The molecule has 3 aromatic rings. The molecule has 1 aliphatic rings. The van der Waals surface area contributed by atoms with Crippen molar-refractivity contribution in [2.45, 2.75) is 40.2 Å². The zero-order valence-corrected chi connectivity index (χ0v) is 21.2. The summed E-state index contributed by atoms with van der Waals surface area (Å²) in [6, 6.07) is 25.5. The van der Waals surface area contributed by atoms with Crippen molar-refractivity contribution in [2.75, 3.05) is 31.5 Å². The van der Waals surface area contributed by atoms with Crippen molar-refractivity contribution >= 4 is 17.2 Å². The number of benzene rings is 3. The molecule has 0 bridgehead atoms. The van der Waals surface area contributed by atoms with Crippen molar-refractivity contribution in [3.8, 4) is 0 Å². The maximum Gasteiger partial charge on any atom is 0.253 e. The summed E-state index contributed by atoms with van der Waals surface area (Å²) >= 11 is 0. The Hall–Kier alpha value is -3.37. The van der Waals surface area contributed by atoms with Crippen LogP contribution >= 0.6 is 0 Å². The van der Waals surface area contributed by atoms with E-state index in [9.17, 15) is 4.79 Å². The van der Waals surface area contributed by atoms with Gasteiger partial charge in [-0.2, -0.15) is 0 Å². The van der Waals surface area contributed by atoms with Crippen LogP contribution in [-0.4, -0.2) is 37.0 Å². The first-order valence-corrected chi connectivity index (χ1v) is 12.8. The number of carbonyl (C=O) groups is 1. The van der Waals surface area contributed by atoms with E-state index >= 15 is 0 Å². The Bertz CT molecular complexity index is 1170. The molecule has 0 aromatic heterocycles. The van der Waals surface area contributed by atoms with E-state index in [0.717, 1.165) is 56.8 Å². The molecule has 3 aromatic carbocycles. The van der Waals surface area contributed by atoms with Gasteiger partial charge in [0.05, 0.1) is 0 Å². The van der Waals surface area contributed by atoms with Gasteiger partial charge in [-0.1, -0.05) is 54.1 Å². The van der Waals surface area contributed by atoms with Crippen LogP contribution in [0.15, 0.2) is 78.4 Å². The van der Waals surface area contributed by atoms with E-state index in [1.807, 2.05) is 30.9 Å². The Morgan fingerprint density at radius 3 is 2.23 bits per heavy atom. The van der Waals surface area contributed by atoms with Crippen molar-refractivity contribution in [1.29, 1.82) is 0 Å². The van der Waals surface area contributed by atoms with Gasteiger partial charge >= 0.3 is 0 Å². The summed E-state index contributed by atoms with van der Waals surface area (Å²) in [5, 5.41) is 7.10. The van der Waals surface area contributed by atoms with Crippen LogP contribution in [0.1, 0.15) is 59.3 Å². The molecule has 1 aliphatic heterocycles. The number of nitrogens with zero attached hydrogens (tertiary/aromatic N) is 1. The maximum atomic E-state index is 12.8. The summed E-state index contributed by atoms with van der Waals surface area (Å²) in [5.41, 5.74) is 9.65. The molecule has 182 valence electrons. The zero-order chi connectivity index (χ0) is 24.6. The molecule has 4 nitrogen and oxygen atoms in total. The van der Waals surface area contributed by atoms with Gasteiger partial charge < -0.3 is 15.5 Å². The molecule has 0 aliphatic carbocycles. The second-order valence-electron chi connectivity index (χ2n) is 9.14. The van der Waals surface area contributed by atoms with Gasteiger partial charge in [0.15, 0.2) is 0 Å². The van der Waals surface area contributed by atoms with Crippen LogP contribution in [0.2, 0.25) is 0 Å². The maximum absolute atomic E-state index is 12.8. The highest BCUT2D eigenvalue weighted by Gasteiger charge is 2.17. The fraction of sp³-hybridized carbons (Fsp3) is 0.323. The number of anilines is 1. The SMILES string of the molecule is CCN(CC)C(=O)c1ccc(C(=C2CCNCC2)c2cccc(NCc3ccccc3C)c2)cc1.